The summed E-state index contributed by atoms with van der Waals surface area (Å²) in [7, 11) is 1.34. The number of nitrogens with zero attached hydrogens (tertiary/aromatic N) is 1. The van der Waals surface area contributed by atoms with E-state index in [-0.39, 0.29) is 0 Å². The second-order valence-corrected chi connectivity index (χ2v) is 5.10. The van der Waals surface area contributed by atoms with E-state index in [4.69, 9.17) is 9.47 Å². The Balaban J connectivity index is 1.92. The van der Waals surface area contributed by atoms with Gasteiger partial charge in [-0.15, -0.1) is 11.3 Å². The largest absolute Gasteiger partial charge is 0.490 e. The summed E-state index contributed by atoms with van der Waals surface area (Å²) in [6.07, 6.45) is 0.869. The van der Waals surface area contributed by atoms with Crippen molar-refractivity contribution in [2.45, 2.75) is 6.42 Å². The minimum Gasteiger partial charge on any atom is -0.490 e. The van der Waals surface area contributed by atoms with Crippen molar-refractivity contribution in [2.75, 3.05) is 20.3 Å². The molecule has 0 unspecified atom stereocenters. The van der Waals surface area contributed by atoms with E-state index in [1.165, 1.54) is 18.4 Å². The Hall–Kier alpha value is -2.08. The lowest BCUT2D eigenvalue weighted by molar-refractivity contribution is 0.0595. The van der Waals surface area contributed by atoms with Crippen LogP contribution in [0.25, 0.3) is 10.6 Å². The third-order valence-corrected chi connectivity index (χ3v) is 3.78. The lowest BCUT2D eigenvalue weighted by atomic mass is 10.2. The van der Waals surface area contributed by atoms with E-state index >= 15 is 0 Å². The van der Waals surface area contributed by atoms with Crippen molar-refractivity contribution in [3.8, 4) is 22.1 Å². The summed E-state index contributed by atoms with van der Waals surface area (Å²) in [6.45, 7) is 1.30. The first-order valence-electron chi connectivity index (χ1n) is 6.22. The molecule has 0 radical (unpaired) electrons. The summed E-state index contributed by atoms with van der Waals surface area (Å²) in [5.41, 5.74) is 1.22. The Labute approximate surface area is 120 Å². The second-order valence-electron chi connectivity index (χ2n) is 4.24. The maximum Gasteiger partial charge on any atom is 0.357 e. The van der Waals surface area contributed by atoms with Crippen LogP contribution in [0.3, 0.4) is 0 Å². The molecule has 1 aliphatic rings. The molecular weight excluding hydrogens is 278 g/mol. The number of benzene rings is 1. The van der Waals surface area contributed by atoms with Crippen LogP contribution < -0.4 is 9.47 Å². The predicted octanol–water partition coefficient (Wildman–Crippen LogP) is 2.76. The van der Waals surface area contributed by atoms with Crippen LogP contribution in [0.5, 0.6) is 11.5 Å². The predicted molar refractivity (Wildman–Crippen MR) is 74.5 cm³/mol. The highest BCUT2D eigenvalue weighted by molar-refractivity contribution is 7.13. The number of esters is 1. The highest BCUT2D eigenvalue weighted by Gasteiger charge is 2.15. The number of carbonyl (C=O) groups is 1. The molecule has 0 amide bonds. The Morgan fingerprint density at radius 3 is 2.90 bits per heavy atom. The fourth-order valence-electron chi connectivity index (χ4n) is 1.90. The SMILES string of the molecule is COC(=O)c1csc(-c2ccc3c(c2)OCCCO3)n1. The van der Waals surface area contributed by atoms with E-state index < -0.39 is 5.97 Å². The number of ether oxygens (including phenoxy) is 3. The van der Waals surface area contributed by atoms with Gasteiger partial charge in [-0.25, -0.2) is 9.78 Å². The third kappa shape index (κ3) is 2.46. The molecule has 2 heterocycles. The Bertz CT molecular complexity index is 638. The summed E-state index contributed by atoms with van der Waals surface area (Å²) < 4.78 is 15.9. The minimum atomic E-state index is -0.429. The maximum absolute atomic E-state index is 11.4. The average molecular weight is 291 g/mol. The molecule has 0 fully saturated rings. The number of carbonyl (C=O) groups excluding carboxylic acids is 1. The van der Waals surface area contributed by atoms with Crippen LogP contribution in [0, 0.1) is 0 Å². The Kier molecular flexibility index (Phi) is 3.56. The maximum atomic E-state index is 11.4. The smallest absolute Gasteiger partial charge is 0.357 e. The molecule has 3 rings (SSSR count). The molecule has 0 atom stereocenters. The molecular formula is C14H13NO4S. The van der Waals surface area contributed by atoms with Crippen LogP contribution in [0.2, 0.25) is 0 Å². The number of thiazole rings is 1. The van der Waals surface area contributed by atoms with Crippen LogP contribution in [0.4, 0.5) is 0 Å². The van der Waals surface area contributed by atoms with Crippen molar-refractivity contribution in [3.63, 3.8) is 0 Å². The molecule has 2 aromatic rings. The van der Waals surface area contributed by atoms with Gasteiger partial charge in [0.25, 0.3) is 0 Å². The zero-order valence-corrected chi connectivity index (χ0v) is 11.7. The molecule has 6 heteroatoms. The lowest BCUT2D eigenvalue weighted by Gasteiger charge is -2.07. The molecule has 0 bridgehead atoms. The fraction of sp³-hybridized carbons (Fsp3) is 0.286. The van der Waals surface area contributed by atoms with Crippen LogP contribution in [0.15, 0.2) is 23.6 Å². The van der Waals surface area contributed by atoms with E-state index in [9.17, 15) is 4.79 Å². The van der Waals surface area contributed by atoms with Crippen molar-refractivity contribution < 1.29 is 19.0 Å². The molecule has 0 spiro atoms. The summed E-state index contributed by atoms with van der Waals surface area (Å²) in [6, 6.07) is 5.67. The van der Waals surface area contributed by atoms with Crippen molar-refractivity contribution in [1.82, 2.24) is 4.98 Å². The Morgan fingerprint density at radius 1 is 1.30 bits per heavy atom. The number of hydrogen-bond acceptors (Lipinski definition) is 6. The number of hydrogen-bond donors (Lipinski definition) is 0. The third-order valence-electron chi connectivity index (χ3n) is 2.89. The molecule has 1 aromatic heterocycles. The minimum absolute atomic E-state index is 0.319. The first-order valence-corrected chi connectivity index (χ1v) is 7.10. The quantitative estimate of drug-likeness (QED) is 0.796. The van der Waals surface area contributed by atoms with E-state index in [0.717, 1.165) is 28.5 Å². The Morgan fingerprint density at radius 2 is 2.10 bits per heavy atom. The zero-order valence-electron chi connectivity index (χ0n) is 10.9. The summed E-state index contributed by atoms with van der Waals surface area (Å²) in [5, 5.41) is 2.44. The standard InChI is InChI=1S/C14H13NO4S/c1-17-14(16)10-8-20-13(15-10)9-3-4-11-12(7-9)19-6-2-5-18-11/h3-4,7-8H,2,5-6H2,1H3. The van der Waals surface area contributed by atoms with Crippen molar-refractivity contribution in [2.24, 2.45) is 0 Å². The van der Waals surface area contributed by atoms with E-state index in [1.54, 1.807) is 5.38 Å². The van der Waals surface area contributed by atoms with Gasteiger partial charge in [0.15, 0.2) is 17.2 Å². The van der Waals surface area contributed by atoms with Crippen LogP contribution >= 0.6 is 11.3 Å². The van der Waals surface area contributed by atoms with Crippen molar-refractivity contribution in [3.05, 3.63) is 29.3 Å². The van der Waals surface area contributed by atoms with Crippen LogP contribution in [-0.2, 0) is 4.74 Å². The number of aromatic nitrogens is 1. The fourth-order valence-corrected chi connectivity index (χ4v) is 2.69. The van der Waals surface area contributed by atoms with E-state index in [1.807, 2.05) is 18.2 Å². The average Bonchev–Trinajstić information content (AvgIpc) is 2.85. The highest BCUT2D eigenvalue weighted by atomic mass is 32.1. The molecule has 20 heavy (non-hydrogen) atoms. The topological polar surface area (TPSA) is 57.7 Å². The van der Waals surface area contributed by atoms with E-state index in [2.05, 4.69) is 9.72 Å². The highest BCUT2D eigenvalue weighted by Crippen LogP contribution is 2.35. The van der Waals surface area contributed by atoms with Crippen LogP contribution in [0.1, 0.15) is 16.9 Å². The lowest BCUT2D eigenvalue weighted by Crippen LogP contribution is -2.01. The summed E-state index contributed by atoms with van der Waals surface area (Å²) in [4.78, 5) is 15.7. The van der Waals surface area contributed by atoms with Gasteiger partial charge < -0.3 is 14.2 Å². The number of methoxy groups -OCH3 is 1. The van der Waals surface area contributed by atoms with Crippen molar-refractivity contribution >= 4 is 17.3 Å². The molecule has 5 nitrogen and oxygen atoms in total. The first kappa shape index (κ1) is 12.9. The van der Waals surface area contributed by atoms with Gasteiger partial charge in [0, 0.05) is 17.4 Å². The van der Waals surface area contributed by atoms with Gasteiger partial charge in [-0.2, -0.15) is 0 Å². The second kappa shape index (κ2) is 5.50. The molecule has 1 aromatic carbocycles. The van der Waals surface area contributed by atoms with Gasteiger partial charge in [-0.1, -0.05) is 0 Å². The normalized spacial score (nSPS) is 13.7. The monoisotopic (exact) mass is 291 g/mol. The first-order chi connectivity index (χ1) is 9.78. The van der Waals surface area contributed by atoms with Gasteiger partial charge in [-0.3, -0.25) is 0 Å². The molecule has 0 aliphatic carbocycles. The van der Waals surface area contributed by atoms with E-state index in [0.29, 0.717) is 18.9 Å². The van der Waals surface area contributed by atoms with Gasteiger partial charge in [0.2, 0.25) is 0 Å². The summed E-state index contributed by atoms with van der Waals surface area (Å²) >= 11 is 1.39. The molecule has 0 saturated heterocycles. The number of rotatable bonds is 2. The van der Waals surface area contributed by atoms with Gasteiger partial charge in [-0.05, 0) is 18.2 Å². The zero-order chi connectivity index (χ0) is 13.9. The van der Waals surface area contributed by atoms with Gasteiger partial charge in [0.1, 0.15) is 5.01 Å². The molecule has 1 aliphatic heterocycles. The van der Waals surface area contributed by atoms with Gasteiger partial charge in [0.05, 0.1) is 20.3 Å². The van der Waals surface area contributed by atoms with Crippen molar-refractivity contribution in [1.29, 1.82) is 0 Å². The van der Waals surface area contributed by atoms with Crippen LogP contribution in [-0.4, -0.2) is 31.3 Å². The molecule has 0 N–H and O–H groups in total. The molecule has 104 valence electrons. The summed E-state index contributed by atoms with van der Waals surface area (Å²) in [5.74, 6) is 1.03. The van der Waals surface area contributed by atoms with Gasteiger partial charge >= 0.3 is 5.97 Å². The molecule has 0 saturated carbocycles. The number of fused-ring (bicyclic) bond motifs is 1.